The van der Waals surface area contributed by atoms with Crippen molar-refractivity contribution >= 4 is 17.8 Å². The van der Waals surface area contributed by atoms with Crippen LogP contribution in [0.3, 0.4) is 0 Å². The van der Waals surface area contributed by atoms with Crippen molar-refractivity contribution in [1.82, 2.24) is 20.4 Å². The van der Waals surface area contributed by atoms with Gasteiger partial charge in [0.1, 0.15) is 0 Å². The summed E-state index contributed by atoms with van der Waals surface area (Å²) >= 11 is 0. The molecule has 2 aliphatic rings. The van der Waals surface area contributed by atoms with E-state index in [1.54, 1.807) is 26.0 Å². The molecule has 1 saturated carbocycles. The minimum absolute atomic E-state index is 0.0147. The molecule has 2 fully saturated rings. The molecule has 1 aromatic rings. The average molecular weight is 428 g/mol. The second-order valence-electron chi connectivity index (χ2n) is 8.90. The maximum Gasteiger partial charge on any atom is 0.253 e. The topological polar surface area (TPSA) is 77.0 Å². The molecule has 7 heteroatoms. The van der Waals surface area contributed by atoms with E-state index in [0.29, 0.717) is 11.5 Å². The number of amides is 2. The summed E-state index contributed by atoms with van der Waals surface area (Å²) in [5, 5.41) is 6.83. The molecule has 7 nitrogen and oxygen atoms in total. The van der Waals surface area contributed by atoms with Gasteiger partial charge in [-0.05, 0) is 43.4 Å². The Bertz CT molecular complexity index is 786. The molecule has 1 atom stereocenters. The van der Waals surface area contributed by atoms with E-state index in [-0.39, 0.29) is 17.9 Å². The van der Waals surface area contributed by atoms with Crippen molar-refractivity contribution in [1.29, 1.82) is 0 Å². The van der Waals surface area contributed by atoms with Crippen molar-refractivity contribution < 1.29 is 9.59 Å². The van der Waals surface area contributed by atoms with E-state index < -0.39 is 0 Å². The minimum atomic E-state index is 0.0147. The highest BCUT2D eigenvalue weighted by atomic mass is 16.2. The van der Waals surface area contributed by atoms with Gasteiger partial charge in [-0.25, -0.2) is 0 Å². The first-order valence-corrected chi connectivity index (χ1v) is 11.5. The van der Waals surface area contributed by atoms with Crippen LogP contribution in [0.4, 0.5) is 0 Å². The number of nitrogens with zero attached hydrogens (tertiary/aromatic N) is 3. The Balaban J connectivity index is 1.43. The molecule has 1 unspecified atom stereocenters. The number of benzene rings is 1. The summed E-state index contributed by atoms with van der Waals surface area (Å²) < 4.78 is 0. The van der Waals surface area contributed by atoms with E-state index >= 15 is 0 Å². The second kappa shape index (κ2) is 11.2. The Labute approximate surface area is 186 Å². The lowest BCUT2D eigenvalue weighted by molar-refractivity contribution is -0.135. The first-order chi connectivity index (χ1) is 15.0. The smallest absolute Gasteiger partial charge is 0.253 e. The number of hydrogen-bond acceptors (Lipinski definition) is 3. The van der Waals surface area contributed by atoms with E-state index in [1.165, 1.54) is 19.3 Å². The Hall–Kier alpha value is -2.57. The van der Waals surface area contributed by atoms with Crippen molar-refractivity contribution in [2.45, 2.75) is 51.0 Å². The van der Waals surface area contributed by atoms with Crippen LogP contribution in [0.5, 0.6) is 0 Å². The summed E-state index contributed by atoms with van der Waals surface area (Å²) in [4.78, 5) is 32.9. The lowest BCUT2D eigenvalue weighted by Gasteiger charge is -2.26. The number of guanidine groups is 1. The van der Waals surface area contributed by atoms with E-state index in [0.717, 1.165) is 56.8 Å². The second-order valence-corrected chi connectivity index (χ2v) is 8.90. The average Bonchev–Trinajstić information content (AvgIpc) is 3.26. The number of nitrogens with one attached hydrogen (secondary N) is 2. The van der Waals surface area contributed by atoms with Crippen molar-refractivity contribution in [3.8, 4) is 0 Å². The zero-order valence-corrected chi connectivity index (χ0v) is 19.2. The molecule has 0 aromatic heterocycles. The van der Waals surface area contributed by atoms with Crippen LogP contribution in [0.2, 0.25) is 0 Å². The molecular weight excluding hydrogens is 390 g/mol. The first kappa shape index (κ1) is 23.1. The maximum atomic E-state index is 12.8. The highest BCUT2D eigenvalue weighted by Crippen LogP contribution is 2.26. The summed E-state index contributed by atoms with van der Waals surface area (Å²) in [6.45, 7) is 2.30. The van der Waals surface area contributed by atoms with Gasteiger partial charge in [0.2, 0.25) is 5.91 Å². The molecule has 1 heterocycles. The highest BCUT2D eigenvalue weighted by Gasteiger charge is 2.31. The largest absolute Gasteiger partial charge is 0.356 e. The molecule has 170 valence electrons. The Morgan fingerprint density at radius 3 is 2.65 bits per heavy atom. The third-order valence-corrected chi connectivity index (χ3v) is 6.31. The number of aliphatic imine (C=N–C) groups is 1. The van der Waals surface area contributed by atoms with Gasteiger partial charge in [0, 0.05) is 58.3 Å². The minimum Gasteiger partial charge on any atom is -0.356 e. The number of likely N-dealkylation sites (tertiary alicyclic amines) is 1. The molecule has 0 radical (unpaired) electrons. The van der Waals surface area contributed by atoms with Crippen LogP contribution in [-0.4, -0.2) is 74.4 Å². The fourth-order valence-electron chi connectivity index (χ4n) is 4.52. The zero-order valence-electron chi connectivity index (χ0n) is 19.2. The normalized spacial score (nSPS) is 19.9. The van der Waals surface area contributed by atoms with Gasteiger partial charge in [-0.15, -0.1) is 0 Å². The van der Waals surface area contributed by atoms with E-state index in [4.69, 9.17) is 0 Å². The summed E-state index contributed by atoms with van der Waals surface area (Å²) in [6, 6.07) is 8.00. The van der Waals surface area contributed by atoms with Crippen LogP contribution in [0.25, 0.3) is 0 Å². The van der Waals surface area contributed by atoms with Gasteiger partial charge < -0.3 is 20.4 Å². The summed E-state index contributed by atoms with van der Waals surface area (Å²) in [5.74, 6) is 1.36. The molecule has 0 bridgehead atoms. The summed E-state index contributed by atoms with van der Waals surface area (Å²) in [7, 11) is 5.30. The molecule has 3 rings (SSSR count). The molecule has 31 heavy (non-hydrogen) atoms. The lowest BCUT2D eigenvalue weighted by Crippen LogP contribution is -2.46. The van der Waals surface area contributed by atoms with Crippen molar-refractivity contribution in [2.75, 3.05) is 40.8 Å². The van der Waals surface area contributed by atoms with Gasteiger partial charge in [0.15, 0.2) is 5.96 Å². The van der Waals surface area contributed by atoms with Crippen LogP contribution in [0, 0.1) is 5.92 Å². The number of hydrogen-bond donors (Lipinski definition) is 2. The van der Waals surface area contributed by atoms with Crippen LogP contribution in [0.15, 0.2) is 29.3 Å². The van der Waals surface area contributed by atoms with Gasteiger partial charge >= 0.3 is 0 Å². The third-order valence-electron chi connectivity index (χ3n) is 6.31. The zero-order chi connectivity index (χ0) is 22.2. The number of carbonyl (C=O) groups excluding carboxylic acids is 2. The van der Waals surface area contributed by atoms with Crippen LogP contribution in [-0.2, 0) is 11.2 Å². The molecule has 1 saturated heterocycles. The van der Waals surface area contributed by atoms with E-state index in [1.807, 2.05) is 29.2 Å². The van der Waals surface area contributed by atoms with Crippen LogP contribution < -0.4 is 10.6 Å². The van der Waals surface area contributed by atoms with Crippen LogP contribution in [0.1, 0.15) is 54.4 Å². The van der Waals surface area contributed by atoms with Crippen LogP contribution >= 0.6 is 0 Å². The first-order valence-electron chi connectivity index (χ1n) is 11.5. The van der Waals surface area contributed by atoms with Crippen molar-refractivity contribution in [2.24, 2.45) is 10.9 Å². The highest BCUT2D eigenvalue weighted by molar-refractivity contribution is 5.94. The third kappa shape index (κ3) is 6.45. The molecule has 1 aliphatic heterocycles. The van der Waals surface area contributed by atoms with Gasteiger partial charge in [0.25, 0.3) is 5.91 Å². The number of rotatable bonds is 6. The Morgan fingerprint density at radius 1 is 1.16 bits per heavy atom. The SMILES string of the molecule is CN=C(NCCc1cccc(C(=O)N(C)C)c1)NC1CCN(C(=O)C2CCCCC2)C1. The molecule has 1 aliphatic carbocycles. The summed E-state index contributed by atoms with van der Waals surface area (Å²) in [5.41, 5.74) is 1.82. The molecule has 2 N–H and O–H groups in total. The predicted molar refractivity (Wildman–Crippen MR) is 124 cm³/mol. The molecule has 2 amide bonds. The van der Waals surface area contributed by atoms with Gasteiger partial charge in [-0.3, -0.25) is 14.6 Å². The summed E-state index contributed by atoms with van der Waals surface area (Å²) in [6.07, 6.45) is 7.51. The number of carbonyl (C=O) groups is 2. The van der Waals surface area contributed by atoms with Gasteiger partial charge in [-0.1, -0.05) is 31.4 Å². The Morgan fingerprint density at radius 2 is 1.94 bits per heavy atom. The van der Waals surface area contributed by atoms with Gasteiger partial charge in [0.05, 0.1) is 0 Å². The standard InChI is InChI=1S/C24H37N5O2/c1-25-24(26-14-12-18-8-7-11-20(16-18)22(30)28(2)3)27-21-13-15-29(17-21)23(31)19-9-5-4-6-10-19/h7-8,11,16,19,21H,4-6,9-10,12-15,17H2,1-3H3,(H2,25,26,27). The fourth-order valence-corrected chi connectivity index (χ4v) is 4.52. The Kier molecular flexibility index (Phi) is 8.32. The monoisotopic (exact) mass is 427 g/mol. The van der Waals surface area contributed by atoms with E-state index in [2.05, 4.69) is 15.6 Å². The lowest BCUT2D eigenvalue weighted by atomic mass is 9.88. The van der Waals surface area contributed by atoms with Crippen molar-refractivity contribution in [3.63, 3.8) is 0 Å². The predicted octanol–water partition coefficient (Wildman–Crippen LogP) is 2.28. The maximum absolute atomic E-state index is 12.8. The fraction of sp³-hybridized carbons (Fsp3) is 0.625. The molecule has 1 aromatic carbocycles. The molecular formula is C24H37N5O2. The van der Waals surface area contributed by atoms with Crippen molar-refractivity contribution in [3.05, 3.63) is 35.4 Å². The van der Waals surface area contributed by atoms with E-state index in [9.17, 15) is 9.59 Å². The van der Waals surface area contributed by atoms with Gasteiger partial charge in [-0.2, -0.15) is 0 Å². The molecule has 0 spiro atoms. The quantitative estimate of drug-likeness (QED) is 0.539.